The molecule has 18 heavy (non-hydrogen) atoms. The predicted molar refractivity (Wildman–Crippen MR) is 71.6 cm³/mol. The van der Waals surface area contributed by atoms with E-state index in [2.05, 4.69) is 15.1 Å². The van der Waals surface area contributed by atoms with Gasteiger partial charge in [0, 0.05) is 17.4 Å². The summed E-state index contributed by atoms with van der Waals surface area (Å²) in [4.78, 5) is 7.74. The number of rotatable bonds is 2. The third kappa shape index (κ3) is 1.73. The van der Waals surface area contributed by atoms with Crippen molar-refractivity contribution in [2.45, 2.75) is 13.0 Å². The minimum Gasteiger partial charge on any atom is -0.397 e. The van der Waals surface area contributed by atoms with Crippen molar-refractivity contribution in [2.75, 3.05) is 5.73 Å². The quantitative estimate of drug-likeness (QED) is 0.697. The van der Waals surface area contributed by atoms with E-state index >= 15 is 0 Å². The number of nitrogens with one attached hydrogen (secondary N) is 1. The van der Waals surface area contributed by atoms with Gasteiger partial charge in [-0.25, -0.2) is 4.98 Å². The Morgan fingerprint density at radius 1 is 1.44 bits per heavy atom. The number of aromatic amines is 1. The standard InChI is InChI=1S/C12H12ClN5/c1-7(18-4-2-3-15-18)12-16-10-6-8(13)5-9(14)11(10)17-12/h2-7H,14H2,1H3,(H,16,17). The van der Waals surface area contributed by atoms with E-state index in [1.807, 2.05) is 29.9 Å². The lowest BCUT2D eigenvalue weighted by atomic mass is 10.3. The Labute approximate surface area is 109 Å². The molecule has 0 aliphatic carbocycles. The lowest BCUT2D eigenvalue weighted by Gasteiger charge is -2.08. The number of fused-ring (bicyclic) bond motifs is 1. The highest BCUT2D eigenvalue weighted by Gasteiger charge is 2.14. The van der Waals surface area contributed by atoms with Crippen LogP contribution in [0.2, 0.25) is 5.02 Å². The van der Waals surface area contributed by atoms with Crippen LogP contribution in [0.25, 0.3) is 11.0 Å². The van der Waals surface area contributed by atoms with Crippen LogP contribution in [0.4, 0.5) is 5.69 Å². The molecule has 0 saturated carbocycles. The van der Waals surface area contributed by atoms with E-state index < -0.39 is 0 Å². The number of anilines is 1. The Balaban J connectivity index is 2.11. The average Bonchev–Trinajstić information content (AvgIpc) is 2.96. The van der Waals surface area contributed by atoms with Gasteiger partial charge in [-0.3, -0.25) is 4.68 Å². The molecule has 0 amide bonds. The zero-order valence-electron chi connectivity index (χ0n) is 9.76. The van der Waals surface area contributed by atoms with Gasteiger partial charge in [0.1, 0.15) is 17.4 Å². The first kappa shape index (κ1) is 11.1. The summed E-state index contributed by atoms with van der Waals surface area (Å²) in [6.07, 6.45) is 3.64. The van der Waals surface area contributed by atoms with Crippen molar-refractivity contribution in [1.82, 2.24) is 19.7 Å². The Kier molecular flexibility index (Phi) is 2.48. The molecule has 92 valence electrons. The molecule has 0 spiro atoms. The molecule has 1 aromatic carbocycles. The van der Waals surface area contributed by atoms with Gasteiger partial charge in [-0.2, -0.15) is 5.10 Å². The van der Waals surface area contributed by atoms with Gasteiger partial charge in [-0.05, 0) is 25.1 Å². The van der Waals surface area contributed by atoms with Crippen molar-refractivity contribution in [3.8, 4) is 0 Å². The van der Waals surface area contributed by atoms with Crippen molar-refractivity contribution in [2.24, 2.45) is 0 Å². The molecule has 2 aromatic heterocycles. The first-order valence-electron chi connectivity index (χ1n) is 5.59. The molecular weight excluding hydrogens is 250 g/mol. The SMILES string of the molecule is CC(c1nc2c(N)cc(Cl)cc2[nH]1)n1cccn1. The van der Waals surface area contributed by atoms with Crippen LogP contribution in [-0.4, -0.2) is 19.7 Å². The van der Waals surface area contributed by atoms with Crippen LogP contribution in [0.5, 0.6) is 0 Å². The van der Waals surface area contributed by atoms with Crippen LogP contribution in [0, 0.1) is 0 Å². The highest BCUT2D eigenvalue weighted by Crippen LogP contribution is 2.26. The van der Waals surface area contributed by atoms with Crippen molar-refractivity contribution in [3.63, 3.8) is 0 Å². The van der Waals surface area contributed by atoms with Crippen LogP contribution in [0.15, 0.2) is 30.6 Å². The van der Waals surface area contributed by atoms with E-state index in [9.17, 15) is 0 Å². The van der Waals surface area contributed by atoms with Crippen molar-refractivity contribution >= 4 is 28.3 Å². The number of nitrogens with two attached hydrogens (primary N) is 1. The lowest BCUT2D eigenvalue weighted by molar-refractivity contribution is 0.542. The lowest BCUT2D eigenvalue weighted by Crippen LogP contribution is -2.08. The maximum Gasteiger partial charge on any atom is 0.132 e. The Morgan fingerprint density at radius 2 is 2.28 bits per heavy atom. The fraction of sp³-hybridized carbons (Fsp3) is 0.167. The van der Waals surface area contributed by atoms with Gasteiger partial charge in [-0.15, -0.1) is 0 Å². The number of H-pyrrole nitrogens is 1. The molecule has 2 heterocycles. The van der Waals surface area contributed by atoms with E-state index in [1.54, 1.807) is 12.3 Å². The van der Waals surface area contributed by atoms with Gasteiger partial charge >= 0.3 is 0 Å². The molecule has 0 fully saturated rings. The van der Waals surface area contributed by atoms with Gasteiger partial charge < -0.3 is 10.7 Å². The van der Waals surface area contributed by atoms with E-state index in [-0.39, 0.29) is 6.04 Å². The first-order chi connectivity index (χ1) is 8.65. The molecule has 3 N–H and O–H groups in total. The monoisotopic (exact) mass is 261 g/mol. The topological polar surface area (TPSA) is 72.5 Å². The van der Waals surface area contributed by atoms with Crippen molar-refractivity contribution in [1.29, 1.82) is 0 Å². The summed E-state index contributed by atoms with van der Waals surface area (Å²) in [5.74, 6) is 0.808. The summed E-state index contributed by atoms with van der Waals surface area (Å²) in [5, 5.41) is 4.80. The zero-order valence-corrected chi connectivity index (χ0v) is 10.5. The van der Waals surface area contributed by atoms with E-state index in [1.165, 1.54) is 0 Å². The number of aromatic nitrogens is 4. The van der Waals surface area contributed by atoms with Crippen LogP contribution in [0.1, 0.15) is 18.8 Å². The molecule has 0 aliphatic heterocycles. The van der Waals surface area contributed by atoms with E-state index in [0.29, 0.717) is 10.7 Å². The molecular formula is C12H12ClN5. The summed E-state index contributed by atoms with van der Waals surface area (Å²) in [5.41, 5.74) is 8.06. The van der Waals surface area contributed by atoms with Crippen LogP contribution >= 0.6 is 11.6 Å². The largest absolute Gasteiger partial charge is 0.397 e. The smallest absolute Gasteiger partial charge is 0.132 e. The Bertz CT molecular complexity index is 686. The number of benzene rings is 1. The fourth-order valence-corrected chi connectivity index (χ4v) is 2.19. The van der Waals surface area contributed by atoms with Crippen LogP contribution in [0.3, 0.4) is 0 Å². The molecule has 1 unspecified atom stereocenters. The van der Waals surface area contributed by atoms with Gasteiger partial charge in [0.15, 0.2) is 0 Å². The summed E-state index contributed by atoms with van der Waals surface area (Å²) in [6, 6.07) is 5.42. The van der Waals surface area contributed by atoms with Crippen molar-refractivity contribution in [3.05, 3.63) is 41.4 Å². The molecule has 6 heteroatoms. The second kappa shape index (κ2) is 4.03. The maximum absolute atomic E-state index is 5.97. The number of hydrogen-bond donors (Lipinski definition) is 2. The molecule has 3 rings (SSSR count). The maximum atomic E-state index is 5.97. The normalized spacial score (nSPS) is 13.0. The summed E-state index contributed by atoms with van der Waals surface area (Å²) < 4.78 is 1.83. The van der Waals surface area contributed by atoms with Crippen LogP contribution < -0.4 is 5.73 Å². The Hall–Kier alpha value is -2.01. The summed E-state index contributed by atoms with van der Waals surface area (Å²) >= 11 is 5.97. The summed E-state index contributed by atoms with van der Waals surface area (Å²) in [7, 11) is 0. The predicted octanol–water partition coefficient (Wildman–Crippen LogP) is 2.60. The highest BCUT2D eigenvalue weighted by atomic mass is 35.5. The third-order valence-electron chi connectivity index (χ3n) is 2.92. The molecule has 3 aromatic rings. The van der Waals surface area contributed by atoms with Gasteiger partial charge in [0.05, 0.1) is 11.2 Å². The second-order valence-corrected chi connectivity index (χ2v) is 4.61. The van der Waals surface area contributed by atoms with Crippen LogP contribution in [-0.2, 0) is 0 Å². The van der Waals surface area contributed by atoms with Gasteiger partial charge in [-0.1, -0.05) is 11.6 Å². The van der Waals surface area contributed by atoms with Gasteiger partial charge in [0.2, 0.25) is 0 Å². The molecule has 0 bridgehead atoms. The molecule has 1 atom stereocenters. The minimum atomic E-state index is 0.0191. The zero-order chi connectivity index (χ0) is 12.7. The average molecular weight is 262 g/mol. The van der Waals surface area contributed by atoms with Crippen molar-refractivity contribution < 1.29 is 0 Å². The molecule has 5 nitrogen and oxygen atoms in total. The number of nitrogens with zero attached hydrogens (tertiary/aromatic N) is 3. The molecule has 0 radical (unpaired) electrons. The fourth-order valence-electron chi connectivity index (χ4n) is 1.96. The Morgan fingerprint density at radius 3 is 3.00 bits per heavy atom. The number of imidazole rings is 1. The third-order valence-corrected chi connectivity index (χ3v) is 3.13. The van der Waals surface area contributed by atoms with Gasteiger partial charge in [0.25, 0.3) is 0 Å². The number of halogens is 1. The van der Waals surface area contributed by atoms with E-state index in [0.717, 1.165) is 16.9 Å². The highest BCUT2D eigenvalue weighted by molar-refractivity contribution is 6.31. The summed E-state index contributed by atoms with van der Waals surface area (Å²) in [6.45, 7) is 2.02. The number of nitrogen functional groups attached to an aromatic ring is 1. The molecule has 0 saturated heterocycles. The second-order valence-electron chi connectivity index (χ2n) is 4.18. The minimum absolute atomic E-state index is 0.0191. The first-order valence-corrected chi connectivity index (χ1v) is 5.96. The molecule has 0 aliphatic rings. The number of hydrogen-bond acceptors (Lipinski definition) is 3. The van der Waals surface area contributed by atoms with E-state index in [4.69, 9.17) is 17.3 Å².